The molecule has 0 fully saturated rings. The van der Waals surface area contributed by atoms with Crippen LogP contribution in [0.4, 0.5) is 13.2 Å². The molecule has 2 rings (SSSR count). The maximum absolute atomic E-state index is 14.2. The largest absolute Gasteiger partial charge is 0.421 e. The van der Waals surface area contributed by atoms with Gasteiger partial charge >= 0.3 is 11.9 Å². The molecule has 7 heteroatoms. The van der Waals surface area contributed by atoms with Crippen LogP contribution in [0.25, 0.3) is 6.08 Å². The van der Waals surface area contributed by atoms with Crippen LogP contribution in [0.5, 0.6) is 11.5 Å². The Morgan fingerprint density at radius 3 is 2.48 bits per heavy atom. The van der Waals surface area contributed by atoms with Crippen LogP contribution in [0.1, 0.15) is 17.5 Å². The van der Waals surface area contributed by atoms with Gasteiger partial charge < -0.3 is 9.47 Å². The highest BCUT2D eigenvalue weighted by atomic mass is 19.1. The van der Waals surface area contributed by atoms with Crippen molar-refractivity contribution in [2.45, 2.75) is 12.8 Å². The Labute approximate surface area is 118 Å². The Morgan fingerprint density at radius 2 is 1.81 bits per heavy atom. The van der Waals surface area contributed by atoms with Gasteiger partial charge in [0.2, 0.25) is 5.82 Å². The molecule has 112 valence electrons. The third kappa shape index (κ3) is 3.24. The fourth-order valence-electron chi connectivity index (χ4n) is 1.98. The Kier molecular flexibility index (Phi) is 4.62. The molecule has 0 atom stereocenters. The maximum Gasteiger partial charge on any atom is 0.343 e. The Morgan fingerprint density at radius 1 is 1.14 bits per heavy atom. The lowest BCUT2D eigenvalue weighted by atomic mass is 9.96. The topological polar surface area (TPSA) is 52.6 Å². The number of hydrogen-bond donors (Lipinski definition) is 0. The van der Waals surface area contributed by atoms with E-state index in [1.165, 1.54) is 6.07 Å². The second kappa shape index (κ2) is 6.43. The molecule has 1 aliphatic carbocycles. The third-order valence-corrected chi connectivity index (χ3v) is 2.84. The molecule has 0 saturated heterocycles. The van der Waals surface area contributed by atoms with E-state index in [4.69, 9.17) is 0 Å². The number of alkyl halides is 2. The van der Waals surface area contributed by atoms with E-state index in [1.54, 1.807) is 12.2 Å². The molecular formula is C14H11F3O4. The molecule has 1 aromatic carbocycles. The summed E-state index contributed by atoms with van der Waals surface area (Å²) in [5, 5.41) is 0. The molecule has 0 N–H and O–H groups in total. The normalized spacial score (nSPS) is 12.7. The third-order valence-electron chi connectivity index (χ3n) is 2.84. The lowest BCUT2D eigenvalue weighted by molar-refractivity contribution is -0.135. The monoisotopic (exact) mass is 300 g/mol. The van der Waals surface area contributed by atoms with Gasteiger partial charge in [0.05, 0.1) is 0 Å². The highest BCUT2D eigenvalue weighted by molar-refractivity contribution is 5.77. The number of allylic oxidation sites excluding steroid dienone is 1. The van der Waals surface area contributed by atoms with Crippen molar-refractivity contribution in [3.05, 3.63) is 29.1 Å². The molecule has 0 amide bonds. The summed E-state index contributed by atoms with van der Waals surface area (Å²) in [6.45, 7) is -2.84. The summed E-state index contributed by atoms with van der Waals surface area (Å²) < 4.78 is 47.8. The SMILES string of the molecule is O=C(CF)Oc1cc2c(c(OC(=O)CF)c1F)CCC=C2. The molecule has 21 heavy (non-hydrogen) atoms. The van der Waals surface area contributed by atoms with Crippen LogP contribution < -0.4 is 9.47 Å². The van der Waals surface area contributed by atoms with Crippen LogP contribution in [-0.4, -0.2) is 25.3 Å². The van der Waals surface area contributed by atoms with Crippen LogP contribution in [-0.2, 0) is 16.0 Å². The van der Waals surface area contributed by atoms with Gasteiger partial charge in [0.25, 0.3) is 0 Å². The Balaban J connectivity index is 2.49. The summed E-state index contributed by atoms with van der Waals surface area (Å²) in [5.74, 6) is -4.73. The van der Waals surface area contributed by atoms with Crippen molar-refractivity contribution in [1.82, 2.24) is 0 Å². The maximum atomic E-state index is 14.2. The van der Waals surface area contributed by atoms with Crippen LogP contribution in [0, 0.1) is 5.82 Å². The van der Waals surface area contributed by atoms with Gasteiger partial charge in [0.1, 0.15) is 0 Å². The van der Waals surface area contributed by atoms with Crippen molar-refractivity contribution in [2.24, 2.45) is 0 Å². The van der Waals surface area contributed by atoms with Gasteiger partial charge in [-0.25, -0.2) is 18.4 Å². The first kappa shape index (κ1) is 15.1. The zero-order chi connectivity index (χ0) is 15.4. The number of carbonyl (C=O) groups is 2. The van der Waals surface area contributed by atoms with Crippen molar-refractivity contribution in [3.63, 3.8) is 0 Å². The number of halogens is 3. The average Bonchev–Trinajstić information content (AvgIpc) is 2.50. The summed E-state index contributed by atoms with van der Waals surface area (Å²) >= 11 is 0. The number of carbonyl (C=O) groups excluding carboxylic acids is 2. The smallest absolute Gasteiger partial charge is 0.343 e. The van der Waals surface area contributed by atoms with Gasteiger partial charge in [-0.05, 0) is 24.5 Å². The molecule has 0 heterocycles. The summed E-state index contributed by atoms with van der Waals surface area (Å²) in [4.78, 5) is 22.0. The number of hydrogen-bond acceptors (Lipinski definition) is 4. The van der Waals surface area contributed by atoms with Crippen LogP contribution in [0.3, 0.4) is 0 Å². The van der Waals surface area contributed by atoms with E-state index in [0.717, 1.165) is 0 Å². The highest BCUT2D eigenvalue weighted by Gasteiger charge is 2.24. The van der Waals surface area contributed by atoms with Gasteiger partial charge in [-0.2, -0.15) is 4.39 Å². The average molecular weight is 300 g/mol. The molecule has 1 aliphatic rings. The van der Waals surface area contributed by atoms with E-state index in [9.17, 15) is 22.8 Å². The predicted octanol–water partition coefficient (Wildman–Crippen LogP) is 2.53. The van der Waals surface area contributed by atoms with E-state index >= 15 is 0 Å². The molecule has 4 nitrogen and oxygen atoms in total. The zero-order valence-corrected chi connectivity index (χ0v) is 10.8. The minimum atomic E-state index is -1.42. The lowest BCUT2D eigenvalue weighted by Crippen LogP contribution is -2.16. The zero-order valence-electron chi connectivity index (χ0n) is 10.8. The number of esters is 2. The van der Waals surface area contributed by atoms with Gasteiger partial charge in [-0.1, -0.05) is 12.2 Å². The molecule has 0 spiro atoms. The summed E-state index contributed by atoms with van der Waals surface area (Å²) in [6.07, 6.45) is 4.39. The first-order valence-electron chi connectivity index (χ1n) is 6.12. The Bertz CT molecular complexity index is 611. The van der Waals surface area contributed by atoms with Crippen LogP contribution in [0.15, 0.2) is 12.1 Å². The molecule has 0 bridgehead atoms. The van der Waals surface area contributed by atoms with Gasteiger partial charge in [-0.3, -0.25) is 0 Å². The fourth-order valence-corrected chi connectivity index (χ4v) is 1.98. The second-order valence-electron chi connectivity index (χ2n) is 4.24. The van der Waals surface area contributed by atoms with Gasteiger partial charge in [0, 0.05) is 5.56 Å². The molecule has 0 aromatic heterocycles. The number of fused-ring (bicyclic) bond motifs is 1. The van der Waals surface area contributed by atoms with E-state index in [0.29, 0.717) is 24.0 Å². The molecule has 0 radical (unpaired) electrons. The van der Waals surface area contributed by atoms with Crippen molar-refractivity contribution in [1.29, 1.82) is 0 Å². The molecule has 0 aliphatic heterocycles. The minimum Gasteiger partial charge on any atom is -0.421 e. The van der Waals surface area contributed by atoms with E-state index < -0.39 is 42.6 Å². The number of benzene rings is 1. The molecular weight excluding hydrogens is 289 g/mol. The Hall–Kier alpha value is -2.31. The van der Waals surface area contributed by atoms with Crippen molar-refractivity contribution < 1.29 is 32.2 Å². The van der Waals surface area contributed by atoms with E-state index in [2.05, 4.69) is 9.47 Å². The first-order valence-corrected chi connectivity index (χ1v) is 6.12. The summed E-state index contributed by atoms with van der Waals surface area (Å²) in [7, 11) is 0. The molecule has 0 unspecified atom stereocenters. The van der Waals surface area contributed by atoms with Crippen molar-refractivity contribution in [3.8, 4) is 11.5 Å². The van der Waals surface area contributed by atoms with Crippen molar-refractivity contribution in [2.75, 3.05) is 13.3 Å². The standard InChI is InChI=1S/C14H11F3O4/c15-6-11(18)20-10-5-8-3-1-2-4-9(8)14(13(10)17)21-12(19)7-16/h1,3,5H,2,4,6-7H2. The predicted molar refractivity (Wildman–Crippen MR) is 67.0 cm³/mol. The van der Waals surface area contributed by atoms with Gasteiger partial charge in [-0.15, -0.1) is 0 Å². The molecule has 1 aromatic rings. The van der Waals surface area contributed by atoms with E-state index in [-0.39, 0.29) is 0 Å². The van der Waals surface area contributed by atoms with Gasteiger partial charge in [0.15, 0.2) is 24.8 Å². The molecule has 0 saturated carbocycles. The summed E-state index contributed by atoms with van der Waals surface area (Å²) in [6, 6.07) is 1.21. The van der Waals surface area contributed by atoms with Crippen LogP contribution in [0.2, 0.25) is 0 Å². The number of rotatable bonds is 4. The quantitative estimate of drug-likeness (QED) is 0.633. The van der Waals surface area contributed by atoms with Crippen molar-refractivity contribution >= 4 is 18.0 Å². The highest BCUT2D eigenvalue weighted by Crippen LogP contribution is 2.37. The first-order chi connectivity index (χ1) is 10.1. The second-order valence-corrected chi connectivity index (χ2v) is 4.24. The lowest BCUT2D eigenvalue weighted by Gasteiger charge is -2.17. The fraction of sp³-hybridized carbons (Fsp3) is 0.286. The van der Waals surface area contributed by atoms with Crippen LogP contribution >= 0.6 is 0 Å². The van der Waals surface area contributed by atoms with E-state index in [1.807, 2.05) is 0 Å². The minimum absolute atomic E-state index is 0.372. The summed E-state index contributed by atoms with van der Waals surface area (Å²) in [5.41, 5.74) is 0.836. The number of ether oxygens (including phenoxy) is 2.